The topological polar surface area (TPSA) is 55.4 Å². The molecule has 132 valence electrons. The maximum Gasteiger partial charge on any atom is 0.416 e. The average Bonchev–Trinajstić information content (AvgIpc) is 2.55. The Morgan fingerprint density at radius 2 is 1.76 bits per heavy atom. The third-order valence-electron chi connectivity index (χ3n) is 3.32. The summed E-state index contributed by atoms with van der Waals surface area (Å²) in [5.41, 5.74) is -0.128. The molecule has 1 atom stereocenters. The summed E-state index contributed by atoms with van der Waals surface area (Å²) in [6.45, 7) is 1.39. The average molecular weight is 351 g/mol. The summed E-state index contributed by atoms with van der Waals surface area (Å²) in [5, 5.41) is 2.57. The van der Waals surface area contributed by atoms with Gasteiger partial charge in [-0.1, -0.05) is 36.4 Å². The van der Waals surface area contributed by atoms with Crippen LogP contribution in [-0.2, 0) is 26.9 Å². The van der Waals surface area contributed by atoms with Crippen molar-refractivity contribution < 1.29 is 27.5 Å². The Labute approximate surface area is 142 Å². The fraction of sp³-hybridized carbons (Fsp3) is 0.222. The number of carbonyl (C=O) groups excluding carboxylic acids is 2. The van der Waals surface area contributed by atoms with Gasteiger partial charge in [-0.05, 0) is 30.7 Å². The number of benzene rings is 2. The first-order chi connectivity index (χ1) is 11.8. The van der Waals surface area contributed by atoms with E-state index in [1.165, 1.54) is 19.1 Å². The second kappa shape index (κ2) is 7.83. The van der Waals surface area contributed by atoms with Crippen LogP contribution in [0.3, 0.4) is 0 Å². The number of halogens is 3. The van der Waals surface area contributed by atoms with Crippen LogP contribution in [0.5, 0.6) is 0 Å². The predicted octanol–water partition coefficient (Wildman–Crippen LogP) is 3.82. The minimum absolute atomic E-state index is 0.162. The van der Waals surface area contributed by atoms with Crippen LogP contribution in [-0.4, -0.2) is 18.0 Å². The molecule has 4 nitrogen and oxygen atoms in total. The predicted molar refractivity (Wildman–Crippen MR) is 85.8 cm³/mol. The van der Waals surface area contributed by atoms with Gasteiger partial charge in [0.05, 0.1) is 12.0 Å². The zero-order chi connectivity index (χ0) is 18.4. The van der Waals surface area contributed by atoms with Crippen LogP contribution in [0.25, 0.3) is 0 Å². The first kappa shape index (κ1) is 18.5. The lowest BCUT2D eigenvalue weighted by molar-refractivity contribution is -0.152. The van der Waals surface area contributed by atoms with E-state index in [2.05, 4.69) is 5.32 Å². The highest BCUT2D eigenvalue weighted by atomic mass is 19.4. The van der Waals surface area contributed by atoms with Gasteiger partial charge in [0, 0.05) is 5.69 Å². The molecular formula is C18H16F3NO3. The van der Waals surface area contributed by atoms with Gasteiger partial charge >= 0.3 is 12.1 Å². The van der Waals surface area contributed by atoms with Crippen molar-refractivity contribution in [3.8, 4) is 0 Å². The number of carbonyl (C=O) groups is 2. The Morgan fingerprint density at radius 1 is 1.08 bits per heavy atom. The normalized spacial score (nSPS) is 12.3. The van der Waals surface area contributed by atoms with Gasteiger partial charge in [-0.3, -0.25) is 9.59 Å². The Balaban J connectivity index is 1.92. The van der Waals surface area contributed by atoms with Crippen molar-refractivity contribution in [2.24, 2.45) is 0 Å². The van der Waals surface area contributed by atoms with E-state index in [-0.39, 0.29) is 12.0 Å². The van der Waals surface area contributed by atoms with Crippen LogP contribution in [0.15, 0.2) is 54.6 Å². The Kier molecular flexibility index (Phi) is 5.80. The number of rotatable bonds is 5. The molecule has 2 aromatic carbocycles. The smallest absolute Gasteiger partial charge is 0.416 e. The fourth-order valence-corrected chi connectivity index (χ4v) is 2.08. The number of anilines is 1. The van der Waals surface area contributed by atoms with Gasteiger partial charge in [0.25, 0.3) is 5.91 Å². The van der Waals surface area contributed by atoms with Gasteiger partial charge in [0.15, 0.2) is 6.10 Å². The number of alkyl halides is 3. The number of para-hydroxylation sites is 1. The number of ether oxygens (including phenoxy) is 1. The molecule has 0 aliphatic heterocycles. The van der Waals surface area contributed by atoms with Crippen molar-refractivity contribution in [3.63, 3.8) is 0 Å². The summed E-state index contributed by atoms with van der Waals surface area (Å²) in [6, 6.07) is 13.0. The molecular weight excluding hydrogens is 335 g/mol. The summed E-state index contributed by atoms with van der Waals surface area (Å²) in [6.07, 6.45) is -5.91. The van der Waals surface area contributed by atoms with Crippen LogP contribution in [0.1, 0.15) is 18.1 Å². The van der Waals surface area contributed by atoms with Gasteiger partial charge < -0.3 is 10.1 Å². The molecule has 0 heterocycles. The molecule has 0 saturated carbocycles. The number of hydrogen-bond donors (Lipinski definition) is 1. The molecule has 0 saturated heterocycles. The van der Waals surface area contributed by atoms with Crippen molar-refractivity contribution in [1.29, 1.82) is 0 Å². The third kappa shape index (κ3) is 5.63. The molecule has 0 bridgehead atoms. The summed E-state index contributed by atoms with van der Waals surface area (Å²) in [4.78, 5) is 23.8. The summed E-state index contributed by atoms with van der Waals surface area (Å²) in [5.74, 6) is -1.31. The Morgan fingerprint density at radius 3 is 2.40 bits per heavy atom. The van der Waals surface area contributed by atoms with Gasteiger partial charge in [-0.25, -0.2) is 0 Å². The summed E-state index contributed by atoms with van der Waals surface area (Å²) in [7, 11) is 0. The van der Waals surface area contributed by atoms with Crippen LogP contribution in [0.2, 0.25) is 0 Å². The van der Waals surface area contributed by atoms with E-state index < -0.39 is 29.7 Å². The van der Waals surface area contributed by atoms with Crippen molar-refractivity contribution in [1.82, 2.24) is 0 Å². The van der Waals surface area contributed by atoms with Gasteiger partial charge in [0.2, 0.25) is 0 Å². The molecule has 7 heteroatoms. The number of amides is 1. The highest BCUT2D eigenvalue weighted by Gasteiger charge is 2.30. The van der Waals surface area contributed by atoms with Gasteiger partial charge in [-0.2, -0.15) is 13.2 Å². The fourth-order valence-electron chi connectivity index (χ4n) is 2.08. The molecule has 1 amide bonds. The maximum absolute atomic E-state index is 12.7. The quantitative estimate of drug-likeness (QED) is 0.833. The molecule has 0 radical (unpaired) electrons. The lowest BCUT2D eigenvalue weighted by Gasteiger charge is -2.14. The van der Waals surface area contributed by atoms with E-state index in [1.807, 2.05) is 0 Å². The lowest BCUT2D eigenvalue weighted by atomic mass is 10.1. The number of esters is 1. The monoisotopic (exact) mass is 351 g/mol. The molecule has 0 aliphatic rings. The molecule has 0 unspecified atom stereocenters. The van der Waals surface area contributed by atoms with E-state index in [0.717, 1.165) is 12.1 Å². The second-order valence-corrected chi connectivity index (χ2v) is 5.36. The van der Waals surface area contributed by atoms with Crippen LogP contribution < -0.4 is 5.32 Å². The lowest BCUT2D eigenvalue weighted by Crippen LogP contribution is -2.30. The number of nitrogens with one attached hydrogen (secondary N) is 1. The minimum atomic E-state index is -4.48. The molecule has 0 aliphatic carbocycles. The van der Waals surface area contributed by atoms with Gasteiger partial charge in [-0.15, -0.1) is 0 Å². The van der Waals surface area contributed by atoms with Crippen molar-refractivity contribution in [3.05, 3.63) is 65.7 Å². The van der Waals surface area contributed by atoms with Crippen LogP contribution in [0, 0.1) is 0 Å². The van der Waals surface area contributed by atoms with E-state index >= 15 is 0 Å². The standard InChI is InChI=1S/C18H16F3NO3/c1-12(17(24)22-15-8-3-2-4-9-15)25-16(23)11-13-6-5-7-14(10-13)18(19,20)21/h2-10,12H,11H2,1H3,(H,22,24)/t12-/m1/s1. The molecule has 2 aromatic rings. The Hall–Kier alpha value is -2.83. The molecule has 0 spiro atoms. The second-order valence-electron chi connectivity index (χ2n) is 5.36. The Bertz CT molecular complexity index is 745. The first-order valence-electron chi connectivity index (χ1n) is 7.47. The van der Waals surface area contributed by atoms with E-state index in [9.17, 15) is 22.8 Å². The highest BCUT2D eigenvalue weighted by Crippen LogP contribution is 2.29. The highest BCUT2D eigenvalue weighted by molar-refractivity contribution is 5.95. The summed E-state index contributed by atoms with van der Waals surface area (Å²) >= 11 is 0. The minimum Gasteiger partial charge on any atom is -0.452 e. The van der Waals surface area contributed by atoms with Crippen LogP contribution in [0.4, 0.5) is 18.9 Å². The largest absolute Gasteiger partial charge is 0.452 e. The van der Waals surface area contributed by atoms with Crippen molar-refractivity contribution >= 4 is 17.6 Å². The third-order valence-corrected chi connectivity index (χ3v) is 3.32. The molecule has 0 fully saturated rings. The van der Waals surface area contributed by atoms with Crippen LogP contribution >= 0.6 is 0 Å². The molecule has 25 heavy (non-hydrogen) atoms. The maximum atomic E-state index is 12.7. The first-order valence-corrected chi connectivity index (χ1v) is 7.47. The zero-order valence-electron chi connectivity index (χ0n) is 13.3. The molecule has 2 rings (SSSR count). The molecule has 1 N–H and O–H groups in total. The number of hydrogen-bond acceptors (Lipinski definition) is 3. The van der Waals surface area contributed by atoms with E-state index in [0.29, 0.717) is 5.69 Å². The van der Waals surface area contributed by atoms with Crippen molar-refractivity contribution in [2.45, 2.75) is 25.6 Å². The van der Waals surface area contributed by atoms with E-state index in [1.54, 1.807) is 30.3 Å². The SMILES string of the molecule is C[C@@H](OC(=O)Cc1cccc(C(F)(F)F)c1)C(=O)Nc1ccccc1. The van der Waals surface area contributed by atoms with E-state index in [4.69, 9.17) is 4.74 Å². The molecule has 0 aromatic heterocycles. The zero-order valence-corrected chi connectivity index (χ0v) is 13.3. The van der Waals surface area contributed by atoms with Crippen molar-refractivity contribution in [2.75, 3.05) is 5.32 Å². The summed E-state index contributed by atoms with van der Waals surface area (Å²) < 4.78 is 43.0. The van der Waals surface area contributed by atoms with Gasteiger partial charge in [0.1, 0.15) is 0 Å².